The predicted molar refractivity (Wildman–Crippen MR) is 225 cm³/mol. The zero-order chi connectivity index (χ0) is 45.9. The fourth-order valence-electron chi connectivity index (χ4n) is 6.17. The fraction of sp³-hybridized carbons (Fsp3) is 0.780. The van der Waals surface area contributed by atoms with Gasteiger partial charge in [0.15, 0.2) is 0 Å². The minimum absolute atomic E-state index is 0.0890. The molecule has 9 N–H and O–H groups in total. The zero-order valence-corrected chi connectivity index (χ0v) is 37.2. The van der Waals surface area contributed by atoms with Crippen molar-refractivity contribution in [2.75, 3.05) is 27.2 Å². The number of amides is 8. The van der Waals surface area contributed by atoms with E-state index in [1.165, 1.54) is 86.7 Å². The second-order valence-electron chi connectivity index (χ2n) is 15.8. The molecule has 0 aromatic carbocycles. The van der Waals surface area contributed by atoms with Crippen LogP contribution in [0.2, 0.25) is 0 Å². The van der Waals surface area contributed by atoms with Crippen LogP contribution in [0, 0.1) is 5.92 Å². The van der Waals surface area contributed by atoms with E-state index < -0.39 is 109 Å². The predicted octanol–water partition coefficient (Wildman–Crippen LogP) is -0.151. The molecule has 19 nitrogen and oxygen atoms in total. The molecule has 0 spiro atoms. The van der Waals surface area contributed by atoms with Crippen molar-refractivity contribution >= 4 is 53.0 Å². The topological polar surface area (TPSA) is 282 Å². The molecule has 7 atom stereocenters. The number of ketones is 1. The zero-order valence-electron chi connectivity index (χ0n) is 37.2. The number of nitrogens with zero attached hydrogens (tertiary/aromatic N) is 1. The van der Waals surface area contributed by atoms with Crippen LogP contribution in [0.5, 0.6) is 0 Å². The lowest BCUT2D eigenvalue weighted by Gasteiger charge is -2.31. The van der Waals surface area contributed by atoms with Gasteiger partial charge in [0.25, 0.3) is 5.91 Å². The molecule has 0 saturated carbocycles. The van der Waals surface area contributed by atoms with E-state index in [9.17, 15) is 53.4 Å². The quantitative estimate of drug-likeness (QED) is 0.0327. The third kappa shape index (κ3) is 22.1. The highest BCUT2D eigenvalue weighted by Crippen LogP contribution is 2.12. The molecule has 60 heavy (non-hydrogen) atoms. The molecule has 0 fully saturated rings. The number of aliphatic hydroxyl groups is 2. The number of likely N-dealkylation sites (N-methyl/N-ethyl adjacent to an activating group) is 2. The summed E-state index contributed by atoms with van der Waals surface area (Å²) in [4.78, 5) is 115. The maximum absolute atomic E-state index is 13.3. The van der Waals surface area contributed by atoms with Crippen LogP contribution in [0.4, 0.5) is 0 Å². The lowest BCUT2D eigenvalue weighted by atomic mass is 10.0. The van der Waals surface area contributed by atoms with Gasteiger partial charge in [-0.25, -0.2) is 0 Å². The Bertz CT molecular complexity index is 1410. The monoisotopic (exact) mass is 855 g/mol. The molecular weight excluding hydrogens is 780 g/mol. The van der Waals surface area contributed by atoms with Gasteiger partial charge >= 0.3 is 0 Å². The van der Waals surface area contributed by atoms with E-state index in [0.29, 0.717) is 6.42 Å². The molecule has 19 heteroatoms. The summed E-state index contributed by atoms with van der Waals surface area (Å²) in [6, 6.07) is -7.59. The number of unbranched alkanes of at least 4 members (excludes halogenated alkanes) is 10. The summed E-state index contributed by atoms with van der Waals surface area (Å²) >= 11 is 0. The highest BCUT2D eigenvalue weighted by Gasteiger charge is 2.34. The number of carbonyl (C=O) groups is 9. The first-order chi connectivity index (χ1) is 28.2. The van der Waals surface area contributed by atoms with E-state index in [-0.39, 0.29) is 18.8 Å². The largest absolute Gasteiger partial charge is 0.394 e. The first-order valence-corrected chi connectivity index (χ1v) is 21.3. The second kappa shape index (κ2) is 30.4. The molecule has 0 aliphatic rings. The Morgan fingerprint density at radius 2 is 1.07 bits per heavy atom. The molecule has 3 unspecified atom stereocenters. The molecule has 0 heterocycles. The minimum Gasteiger partial charge on any atom is -0.394 e. The normalized spacial score (nSPS) is 14.5. The number of hydrogen-bond donors (Lipinski definition) is 9. The Balaban J connectivity index is 5.07. The number of aliphatic hydroxyl groups excluding tert-OH is 2. The first-order valence-electron chi connectivity index (χ1n) is 21.3. The average molecular weight is 855 g/mol. The van der Waals surface area contributed by atoms with Gasteiger partial charge in [0.2, 0.25) is 47.1 Å². The number of carbonyl (C=O) groups excluding carboxylic acids is 9. The van der Waals surface area contributed by atoms with Crippen LogP contribution in [-0.2, 0) is 43.2 Å². The van der Waals surface area contributed by atoms with Gasteiger partial charge in [0, 0.05) is 20.5 Å². The van der Waals surface area contributed by atoms with Gasteiger partial charge in [-0.2, -0.15) is 0 Å². The smallest absolute Gasteiger partial charge is 0.289 e. The van der Waals surface area contributed by atoms with Crippen molar-refractivity contribution in [3.8, 4) is 0 Å². The van der Waals surface area contributed by atoms with Gasteiger partial charge in [-0.1, -0.05) is 85.0 Å². The third-order valence-corrected chi connectivity index (χ3v) is 9.84. The molecule has 0 saturated heterocycles. The van der Waals surface area contributed by atoms with Crippen molar-refractivity contribution < 1.29 is 53.4 Å². The maximum atomic E-state index is 13.3. The van der Waals surface area contributed by atoms with Crippen molar-refractivity contribution in [1.29, 1.82) is 0 Å². The minimum atomic E-state index is -1.52. The van der Waals surface area contributed by atoms with Crippen molar-refractivity contribution in [3.05, 3.63) is 0 Å². The van der Waals surface area contributed by atoms with Gasteiger partial charge < -0.3 is 52.3 Å². The fourth-order valence-corrected chi connectivity index (χ4v) is 6.17. The highest BCUT2D eigenvalue weighted by molar-refractivity contribution is 6.38. The summed E-state index contributed by atoms with van der Waals surface area (Å²) in [5.74, 6) is -7.12. The molecule has 0 bridgehead atoms. The van der Waals surface area contributed by atoms with Crippen LogP contribution >= 0.6 is 0 Å². The number of nitrogens with one attached hydrogen (secondary N) is 7. The molecule has 0 rings (SSSR count). The van der Waals surface area contributed by atoms with Crippen LogP contribution in [0.15, 0.2) is 0 Å². The van der Waals surface area contributed by atoms with Crippen LogP contribution < -0.4 is 37.2 Å². The molecule has 0 aromatic heterocycles. The molecular formula is C41H74N8O11. The lowest BCUT2D eigenvalue weighted by molar-refractivity contribution is -0.144. The van der Waals surface area contributed by atoms with Gasteiger partial charge in [-0.15, -0.1) is 0 Å². The van der Waals surface area contributed by atoms with E-state index in [4.69, 9.17) is 0 Å². The van der Waals surface area contributed by atoms with Gasteiger partial charge in [-0.3, -0.25) is 43.2 Å². The Hall–Kier alpha value is -4.65. The Labute approximate surface area is 355 Å². The Kier molecular flexibility index (Phi) is 28.0. The van der Waals surface area contributed by atoms with E-state index >= 15 is 0 Å². The Morgan fingerprint density at radius 3 is 1.57 bits per heavy atom. The summed E-state index contributed by atoms with van der Waals surface area (Å²) in [5, 5.41) is 36.9. The standard InChI is InChI=1S/C41H74N8O11/c1-10-11-12-13-14-15-16-17-18-19-20-21-32(52)47-31(24-50)39(58)45-27(5)36(55)43-23-33(53)49(9)34(29(7)51)40(59)46-28(6)37(56)48-30(22-25(2)3)38(57)44-26(4)35(54)41(60)42-8/h25-31,34,50-51H,10-24H2,1-9H3,(H,42,60)(H,43,55)(H,44,57)(H,45,58)(H,46,59)(H,47,52)(H,48,56)/t26?,27-,28+,29?,30+,31-,34?/m1/s1. The first kappa shape index (κ1) is 55.4. The molecule has 0 aromatic rings. The van der Waals surface area contributed by atoms with Crippen molar-refractivity contribution in [2.24, 2.45) is 5.92 Å². The summed E-state index contributed by atoms with van der Waals surface area (Å²) in [7, 11) is 2.47. The summed E-state index contributed by atoms with van der Waals surface area (Å²) in [6.07, 6.45) is 11.2. The molecule has 8 amide bonds. The second-order valence-corrected chi connectivity index (χ2v) is 15.8. The van der Waals surface area contributed by atoms with Gasteiger partial charge in [-0.05, 0) is 46.5 Å². The third-order valence-electron chi connectivity index (χ3n) is 9.84. The number of hydrogen-bond acceptors (Lipinski definition) is 11. The van der Waals surface area contributed by atoms with Crippen molar-refractivity contribution in [2.45, 2.75) is 174 Å². The molecule has 0 aliphatic carbocycles. The van der Waals surface area contributed by atoms with Crippen LogP contribution in [0.3, 0.4) is 0 Å². The molecule has 344 valence electrons. The summed E-state index contributed by atoms with van der Waals surface area (Å²) in [5.41, 5.74) is 0. The average Bonchev–Trinajstić information content (AvgIpc) is 3.19. The van der Waals surface area contributed by atoms with E-state index in [0.717, 1.165) is 24.2 Å². The van der Waals surface area contributed by atoms with Gasteiger partial charge in [0.1, 0.15) is 30.2 Å². The number of Topliss-reactive ketones (excluding diaryl/α,β-unsaturated/α-hetero) is 1. The van der Waals surface area contributed by atoms with Crippen LogP contribution in [0.1, 0.15) is 132 Å². The Morgan fingerprint density at radius 1 is 0.583 bits per heavy atom. The summed E-state index contributed by atoms with van der Waals surface area (Å²) in [6.45, 7) is 9.66. The molecule has 0 aliphatic heterocycles. The maximum Gasteiger partial charge on any atom is 0.289 e. The van der Waals surface area contributed by atoms with Crippen molar-refractivity contribution in [3.63, 3.8) is 0 Å². The van der Waals surface area contributed by atoms with Crippen LogP contribution in [-0.4, -0.2) is 138 Å². The van der Waals surface area contributed by atoms with Crippen LogP contribution in [0.25, 0.3) is 0 Å². The van der Waals surface area contributed by atoms with E-state index in [2.05, 4.69) is 44.1 Å². The van der Waals surface area contributed by atoms with E-state index in [1.807, 2.05) is 0 Å². The van der Waals surface area contributed by atoms with E-state index in [1.54, 1.807) is 13.8 Å². The number of rotatable bonds is 31. The summed E-state index contributed by atoms with van der Waals surface area (Å²) < 4.78 is 0. The highest BCUT2D eigenvalue weighted by atomic mass is 16.3. The van der Waals surface area contributed by atoms with Crippen molar-refractivity contribution in [1.82, 2.24) is 42.1 Å². The SMILES string of the molecule is CCCCCCCCCCCCCC(=O)N[C@H](CO)C(=O)N[C@H](C)C(=O)NCC(=O)N(C)C(C(=O)N[C@@H](C)C(=O)N[C@@H](CC(C)C)C(=O)NC(C)C(=O)C(=O)NC)C(C)O. The van der Waals surface area contributed by atoms with Gasteiger partial charge in [0.05, 0.1) is 25.3 Å². The lowest BCUT2D eigenvalue weighted by Crippen LogP contribution is -2.60. The molecule has 0 radical (unpaired) electrons.